The summed E-state index contributed by atoms with van der Waals surface area (Å²) in [5.41, 5.74) is 9.70. The van der Waals surface area contributed by atoms with Crippen LogP contribution in [0.1, 0.15) is 48.8 Å². The second-order valence-corrected chi connectivity index (χ2v) is 10.1. The summed E-state index contributed by atoms with van der Waals surface area (Å²) in [7, 11) is 0. The number of hydrogen-bond donors (Lipinski definition) is 0. The average Bonchev–Trinajstić information content (AvgIpc) is 3.09. The highest BCUT2D eigenvalue weighted by molar-refractivity contribution is 5.89. The fourth-order valence-electron chi connectivity index (χ4n) is 8.18. The molecular formula is C29H25N. The Bertz CT molecular complexity index is 1180. The zero-order valence-corrected chi connectivity index (χ0v) is 17.1. The van der Waals surface area contributed by atoms with Crippen molar-refractivity contribution in [2.45, 2.75) is 37.5 Å². The number of fused-ring (bicyclic) bond motifs is 3. The van der Waals surface area contributed by atoms with E-state index in [1.807, 2.05) is 12.1 Å². The summed E-state index contributed by atoms with van der Waals surface area (Å²) in [6, 6.07) is 26.7. The standard InChI is InChI=1S/C29H25N/c30-17-18-8-10-21(11-9-18)24-5-3-6-26-25-4-1-2-7-27(25)29(28(24)26)22-13-19-12-20(15-22)16-23(29)14-19/h1-11,19-20,22-23H,12-16H2. The van der Waals surface area contributed by atoms with E-state index in [1.54, 1.807) is 11.1 Å². The molecular weight excluding hydrogens is 362 g/mol. The largest absolute Gasteiger partial charge is 0.192 e. The molecule has 0 N–H and O–H groups in total. The van der Waals surface area contributed by atoms with Crippen LogP contribution in [-0.4, -0.2) is 0 Å². The molecule has 5 aliphatic carbocycles. The van der Waals surface area contributed by atoms with E-state index in [1.165, 1.54) is 54.4 Å². The van der Waals surface area contributed by atoms with E-state index in [0.29, 0.717) is 0 Å². The third-order valence-electron chi connectivity index (χ3n) is 8.89. The van der Waals surface area contributed by atoms with Crippen LogP contribution < -0.4 is 0 Å². The van der Waals surface area contributed by atoms with Gasteiger partial charge in [0.2, 0.25) is 0 Å². The molecule has 30 heavy (non-hydrogen) atoms. The number of rotatable bonds is 1. The normalized spacial score (nSPS) is 32.1. The fraction of sp³-hybridized carbons (Fsp3) is 0.345. The first-order valence-corrected chi connectivity index (χ1v) is 11.5. The molecule has 0 aromatic heterocycles. The Balaban J connectivity index is 1.53. The van der Waals surface area contributed by atoms with Crippen molar-refractivity contribution in [2.24, 2.45) is 23.7 Å². The van der Waals surface area contributed by atoms with Crippen molar-refractivity contribution in [3.05, 3.63) is 83.4 Å². The van der Waals surface area contributed by atoms with Gasteiger partial charge in [0.1, 0.15) is 0 Å². The molecule has 8 rings (SSSR count). The van der Waals surface area contributed by atoms with Crippen molar-refractivity contribution in [3.63, 3.8) is 0 Å². The lowest BCUT2D eigenvalue weighted by Crippen LogP contribution is -2.55. The third-order valence-corrected chi connectivity index (χ3v) is 8.89. The molecule has 1 spiro atoms. The topological polar surface area (TPSA) is 23.8 Å². The number of benzene rings is 3. The Kier molecular flexibility index (Phi) is 3.30. The highest BCUT2D eigenvalue weighted by atomic mass is 14.6. The molecule has 3 aromatic rings. The van der Waals surface area contributed by atoms with Gasteiger partial charge in [-0.3, -0.25) is 0 Å². The Morgan fingerprint density at radius 1 is 0.667 bits per heavy atom. The summed E-state index contributed by atoms with van der Waals surface area (Å²) in [6.45, 7) is 0. The maximum Gasteiger partial charge on any atom is 0.0991 e. The van der Waals surface area contributed by atoms with Gasteiger partial charge in [0.25, 0.3) is 0 Å². The predicted octanol–water partition coefficient (Wildman–Crippen LogP) is 6.95. The van der Waals surface area contributed by atoms with Crippen molar-refractivity contribution in [1.29, 1.82) is 5.26 Å². The minimum atomic E-state index is 0.184. The van der Waals surface area contributed by atoms with E-state index < -0.39 is 0 Å². The third kappa shape index (κ3) is 1.98. The molecule has 4 fully saturated rings. The van der Waals surface area contributed by atoms with Gasteiger partial charge in [-0.2, -0.15) is 5.26 Å². The molecule has 1 heteroatoms. The van der Waals surface area contributed by atoms with Crippen LogP contribution >= 0.6 is 0 Å². The Morgan fingerprint density at radius 3 is 2.00 bits per heavy atom. The number of hydrogen-bond acceptors (Lipinski definition) is 1. The van der Waals surface area contributed by atoms with Gasteiger partial charge >= 0.3 is 0 Å². The van der Waals surface area contributed by atoms with Crippen LogP contribution in [0.3, 0.4) is 0 Å². The molecule has 0 heterocycles. The van der Waals surface area contributed by atoms with E-state index in [4.69, 9.17) is 0 Å². The number of nitriles is 1. The monoisotopic (exact) mass is 387 g/mol. The predicted molar refractivity (Wildman–Crippen MR) is 120 cm³/mol. The van der Waals surface area contributed by atoms with Crippen LogP contribution in [0.5, 0.6) is 0 Å². The van der Waals surface area contributed by atoms with Crippen LogP contribution in [0.25, 0.3) is 22.3 Å². The van der Waals surface area contributed by atoms with Gasteiger partial charge in [0.05, 0.1) is 11.6 Å². The summed E-state index contributed by atoms with van der Waals surface area (Å²) < 4.78 is 0. The second kappa shape index (κ2) is 5.86. The zero-order valence-electron chi connectivity index (χ0n) is 17.1. The molecule has 5 aliphatic rings. The lowest BCUT2D eigenvalue weighted by atomic mass is 9.42. The van der Waals surface area contributed by atoms with Crippen molar-refractivity contribution in [1.82, 2.24) is 0 Å². The van der Waals surface area contributed by atoms with Gasteiger partial charge in [-0.1, -0.05) is 54.6 Å². The van der Waals surface area contributed by atoms with Crippen molar-refractivity contribution >= 4 is 0 Å². The van der Waals surface area contributed by atoms with Gasteiger partial charge in [0.15, 0.2) is 0 Å². The molecule has 3 aromatic carbocycles. The Labute approximate surface area is 178 Å². The van der Waals surface area contributed by atoms with Gasteiger partial charge in [-0.05, 0) is 101 Å². The average molecular weight is 388 g/mol. The smallest absolute Gasteiger partial charge is 0.0991 e. The molecule has 0 amide bonds. The fourth-order valence-corrected chi connectivity index (χ4v) is 8.18. The SMILES string of the molecule is N#Cc1ccc(-c2cccc3c2C2(c4ccccc4-3)C3CC4CC(C3)CC2C4)cc1. The van der Waals surface area contributed by atoms with Crippen molar-refractivity contribution in [2.75, 3.05) is 0 Å². The molecule has 1 nitrogen and oxygen atoms in total. The Morgan fingerprint density at radius 2 is 1.30 bits per heavy atom. The van der Waals surface area contributed by atoms with Gasteiger partial charge < -0.3 is 0 Å². The molecule has 0 saturated heterocycles. The summed E-state index contributed by atoms with van der Waals surface area (Å²) >= 11 is 0. The first-order chi connectivity index (χ1) is 14.8. The van der Waals surface area contributed by atoms with E-state index in [0.717, 1.165) is 29.2 Å². The second-order valence-electron chi connectivity index (χ2n) is 10.1. The lowest BCUT2D eigenvalue weighted by molar-refractivity contribution is -0.0397. The van der Waals surface area contributed by atoms with Crippen LogP contribution in [0.2, 0.25) is 0 Å². The van der Waals surface area contributed by atoms with E-state index in [-0.39, 0.29) is 5.41 Å². The molecule has 0 unspecified atom stereocenters. The highest BCUT2D eigenvalue weighted by Gasteiger charge is 2.62. The van der Waals surface area contributed by atoms with Gasteiger partial charge in [-0.25, -0.2) is 0 Å². The minimum absolute atomic E-state index is 0.184. The van der Waals surface area contributed by atoms with Crippen LogP contribution in [0, 0.1) is 35.0 Å². The minimum Gasteiger partial charge on any atom is -0.192 e. The van der Waals surface area contributed by atoms with E-state index in [9.17, 15) is 5.26 Å². The summed E-state index contributed by atoms with van der Waals surface area (Å²) in [6.07, 6.45) is 7.10. The van der Waals surface area contributed by atoms with Gasteiger partial charge in [-0.15, -0.1) is 0 Å². The maximum absolute atomic E-state index is 9.26. The Hall–Kier alpha value is -2.85. The van der Waals surface area contributed by atoms with Gasteiger partial charge in [0, 0.05) is 5.41 Å². The summed E-state index contributed by atoms with van der Waals surface area (Å²) in [4.78, 5) is 0. The van der Waals surface area contributed by atoms with Crippen molar-refractivity contribution < 1.29 is 0 Å². The molecule has 4 saturated carbocycles. The van der Waals surface area contributed by atoms with E-state index in [2.05, 4.69) is 60.7 Å². The van der Waals surface area contributed by atoms with Crippen LogP contribution in [0.15, 0.2) is 66.7 Å². The maximum atomic E-state index is 9.26. The molecule has 0 aliphatic heterocycles. The molecule has 0 radical (unpaired) electrons. The summed E-state index contributed by atoms with van der Waals surface area (Å²) in [5.74, 6) is 3.46. The van der Waals surface area contributed by atoms with Crippen molar-refractivity contribution in [3.8, 4) is 28.3 Å². The van der Waals surface area contributed by atoms with Crippen LogP contribution in [-0.2, 0) is 5.41 Å². The lowest BCUT2D eigenvalue weighted by Gasteiger charge is -2.61. The molecule has 4 bridgehead atoms. The van der Waals surface area contributed by atoms with E-state index >= 15 is 0 Å². The molecule has 0 atom stereocenters. The van der Waals surface area contributed by atoms with Crippen LogP contribution in [0.4, 0.5) is 0 Å². The first kappa shape index (κ1) is 16.9. The highest BCUT2D eigenvalue weighted by Crippen LogP contribution is 2.70. The summed E-state index contributed by atoms with van der Waals surface area (Å²) in [5, 5.41) is 9.26. The zero-order chi connectivity index (χ0) is 19.9. The molecule has 146 valence electrons. The number of nitrogens with zero attached hydrogens (tertiary/aromatic N) is 1. The quantitative estimate of drug-likeness (QED) is 0.443. The first-order valence-electron chi connectivity index (χ1n) is 11.5.